The zero-order valence-corrected chi connectivity index (χ0v) is 19.0. The number of aryl methyl sites for hydroxylation is 2. The van der Waals surface area contributed by atoms with Crippen LogP contribution in [0.3, 0.4) is 0 Å². The first-order valence-electron chi connectivity index (χ1n) is 11.8. The first-order valence-corrected chi connectivity index (χ1v) is 11.8. The quantitative estimate of drug-likeness (QED) is 0.639. The minimum atomic E-state index is 0.154. The van der Waals surface area contributed by atoms with Gasteiger partial charge in [-0.3, -0.25) is 9.69 Å². The van der Waals surface area contributed by atoms with Gasteiger partial charge < -0.3 is 10.2 Å². The summed E-state index contributed by atoms with van der Waals surface area (Å²) in [4.78, 5) is 26.1. The van der Waals surface area contributed by atoms with E-state index in [9.17, 15) is 4.79 Å². The van der Waals surface area contributed by atoms with Gasteiger partial charge in [-0.2, -0.15) is 0 Å². The fourth-order valence-corrected chi connectivity index (χ4v) is 3.93. The molecule has 2 aliphatic rings. The molecule has 0 aromatic carbocycles. The van der Waals surface area contributed by atoms with Crippen LogP contribution in [0.25, 0.3) is 0 Å². The molecule has 29 heavy (non-hydrogen) atoms. The lowest BCUT2D eigenvalue weighted by atomic mass is 9.91. The highest BCUT2D eigenvalue weighted by Gasteiger charge is 2.28. The van der Waals surface area contributed by atoms with Crippen LogP contribution in [0.1, 0.15) is 77.5 Å². The van der Waals surface area contributed by atoms with E-state index in [0.717, 1.165) is 76.1 Å². The predicted octanol–water partition coefficient (Wildman–Crippen LogP) is 3.59. The summed E-state index contributed by atoms with van der Waals surface area (Å²) in [7, 11) is 0. The summed E-state index contributed by atoms with van der Waals surface area (Å²) < 4.78 is 0. The highest BCUT2D eigenvalue weighted by Crippen LogP contribution is 2.26. The Morgan fingerprint density at radius 3 is 2.48 bits per heavy atom. The van der Waals surface area contributed by atoms with Gasteiger partial charge in [-0.15, -0.1) is 0 Å². The number of hydrogen-bond acceptors (Lipinski definition) is 5. The molecular weight excluding hydrogens is 362 g/mol. The minimum Gasteiger partial charge on any atom is -0.356 e. The molecule has 0 radical (unpaired) electrons. The van der Waals surface area contributed by atoms with Crippen LogP contribution in [0.5, 0.6) is 0 Å². The number of hydrogen-bond donors (Lipinski definition) is 1. The Balaban J connectivity index is 0.00000145. The molecule has 0 atom stereocenters. The van der Waals surface area contributed by atoms with Gasteiger partial charge in [0.2, 0.25) is 11.9 Å². The zero-order valence-electron chi connectivity index (χ0n) is 19.0. The van der Waals surface area contributed by atoms with E-state index in [4.69, 9.17) is 4.98 Å². The van der Waals surface area contributed by atoms with Crippen LogP contribution in [0.2, 0.25) is 0 Å². The molecule has 6 heteroatoms. The summed E-state index contributed by atoms with van der Waals surface area (Å²) in [6, 6.07) is 0.828. The van der Waals surface area contributed by atoms with Crippen molar-refractivity contribution in [3.63, 3.8) is 0 Å². The van der Waals surface area contributed by atoms with Crippen LogP contribution in [0.15, 0.2) is 6.20 Å². The first kappa shape index (κ1) is 23.6. The van der Waals surface area contributed by atoms with Gasteiger partial charge in [-0.05, 0) is 44.1 Å². The van der Waals surface area contributed by atoms with Gasteiger partial charge in [0.15, 0.2) is 0 Å². The minimum absolute atomic E-state index is 0.154. The fraction of sp³-hybridized carbons (Fsp3) is 0.783. The molecule has 0 spiro atoms. The summed E-state index contributed by atoms with van der Waals surface area (Å²) in [5.41, 5.74) is 2.38. The van der Waals surface area contributed by atoms with E-state index < -0.39 is 0 Å². The number of anilines is 1. The molecule has 1 aliphatic heterocycles. The van der Waals surface area contributed by atoms with Crippen LogP contribution >= 0.6 is 0 Å². The summed E-state index contributed by atoms with van der Waals surface area (Å²) >= 11 is 0. The average molecular weight is 404 g/mol. The lowest BCUT2D eigenvalue weighted by Crippen LogP contribution is -2.52. The van der Waals surface area contributed by atoms with E-state index in [1.165, 1.54) is 24.8 Å². The largest absolute Gasteiger partial charge is 0.356 e. The van der Waals surface area contributed by atoms with Crippen molar-refractivity contribution in [3.05, 3.63) is 17.5 Å². The molecule has 2 heterocycles. The van der Waals surface area contributed by atoms with Crippen LogP contribution in [0.4, 0.5) is 5.95 Å². The Morgan fingerprint density at radius 2 is 1.90 bits per heavy atom. The normalized spacial score (nSPS) is 17.3. The molecule has 0 unspecified atom stereocenters. The van der Waals surface area contributed by atoms with Crippen molar-refractivity contribution in [2.45, 2.75) is 85.1 Å². The predicted molar refractivity (Wildman–Crippen MR) is 120 cm³/mol. The summed E-state index contributed by atoms with van der Waals surface area (Å²) in [6.45, 7) is 13.2. The summed E-state index contributed by atoms with van der Waals surface area (Å²) in [6.07, 6.45) is 10.4. The summed E-state index contributed by atoms with van der Waals surface area (Å²) in [5.74, 6) is 1.03. The lowest BCUT2D eigenvalue weighted by Gasteiger charge is -2.43. The number of carbonyl (C=O) groups excluding carboxylic acids is 1. The third kappa shape index (κ3) is 6.95. The van der Waals surface area contributed by atoms with Crippen LogP contribution < -0.4 is 10.2 Å². The van der Waals surface area contributed by atoms with Crippen molar-refractivity contribution in [2.75, 3.05) is 37.6 Å². The van der Waals surface area contributed by atoms with Gasteiger partial charge in [-0.1, -0.05) is 34.1 Å². The van der Waals surface area contributed by atoms with Crippen molar-refractivity contribution in [1.29, 1.82) is 0 Å². The topological polar surface area (TPSA) is 61.4 Å². The maximum absolute atomic E-state index is 11.6. The second kappa shape index (κ2) is 12.8. The number of rotatable bonds is 9. The van der Waals surface area contributed by atoms with Crippen molar-refractivity contribution in [1.82, 2.24) is 20.2 Å². The van der Waals surface area contributed by atoms with Gasteiger partial charge in [0.1, 0.15) is 0 Å². The molecular formula is C23H41N5O. The second-order valence-corrected chi connectivity index (χ2v) is 7.81. The SMILES string of the molecule is CC.CCCC(=O)NCCCc1nc(N2CCN(C3CCC3)CC2)ncc1CC. The molecule has 1 aromatic rings. The van der Waals surface area contributed by atoms with Crippen LogP contribution in [-0.4, -0.2) is 59.5 Å². The highest BCUT2D eigenvalue weighted by molar-refractivity contribution is 5.75. The Kier molecular flexibility index (Phi) is 10.4. The second-order valence-electron chi connectivity index (χ2n) is 7.81. The molecule has 164 valence electrons. The smallest absolute Gasteiger partial charge is 0.225 e. The molecule has 1 amide bonds. The average Bonchev–Trinajstić information content (AvgIpc) is 2.72. The van der Waals surface area contributed by atoms with E-state index in [1.54, 1.807) is 0 Å². The molecule has 1 saturated carbocycles. The van der Waals surface area contributed by atoms with Crippen molar-refractivity contribution < 1.29 is 4.79 Å². The third-order valence-corrected chi connectivity index (χ3v) is 5.90. The van der Waals surface area contributed by atoms with Crippen LogP contribution in [-0.2, 0) is 17.6 Å². The molecule has 1 N–H and O–H groups in total. The van der Waals surface area contributed by atoms with Crippen LogP contribution in [0, 0.1) is 0 Å². The fourth-order valence-electron chi connectivity index (χ4n) is 3.93. The number of amides is 1. The van der Waals surface area contributed by atoms with Crippen molar-refractivity contribution in [2.24, 2.45) is 0 Å². The van der Waals surface area contributed by atoms with Gasteiger partial charge in [-0.25, -0.2) is 9.97 Å². The van der Waals surface area contributed by atoms with E-state index >= 15 is 0 Å². The molecule has 0 bridgehead atoms. The number of aromatic nitrogens is 2. The molecule has 3 rings (SSSR count). The molecule has 6 nitrogen and oxygen atoms in total. The van der Waals surface area contributed by atoms with Gasteiger partial charge in [0.25, 0.3) is 0 Å². The zero-order chi connectivity index (χ0) is 21.1. The third-order valence-electron chi connectivity index (χ3n) is 5.90. The maximum Gasteiger partial charge on any atom is 0.225 e. The Hall–Kier alpha value is -1.69. The Morgan fingerprint density at radius 1 is 1.17 bits per heavy atom. The van der Waals surface area contributed by atoms with Gasteiger partial charge in [0, 0.05) is 57.1 Å². The molecule has 1 aliphatic carbocycles. The highest BCUT2D eigenvalue weighted by atomic mass is 16.1. The van der Waals surface area contributed by atoms with E-state index in [-0.39, 0.29) is 5.91 Å². The lowest BCUT2D eigenvalue weighted by molar-refractivity contribution is -0.121. The van der Waals surface area contributed by atoms with Crippen molar-refractivity contribution >= 4 is 11.9 Å². The Bertz CT molecular complexity index is 609. The van der Waals surface area contributed by atoms with Gasteiger partial charge in [0.05, 0.1) is 0 Å². The monoisotopic (exact) mass is 403 g/mol. The Labute approximate surface area is 177 Å². The number of carbonyl (C=O) groups is 1. The molecule has 1 aromatic heterocycles. The number of piperazine rings is 1. The van der Waals surface area contributed by atoms with E-state index in [2.05, 4.69) is 27.0 Å². The standard InChI is InChI=1S/C21H35N5O.C2H6/c1-3-7-20(27)22-11-6-10-19-17(4-2)16-23-21(24-19)26-14-12-25(13-15-26)18-8-5-9-18;1-2/h16,18H,3-15H2,1-2H3,(H,22,27);1-2H3. The van der Waals surface area contributed by atoms with E-state index in [1.807, 2.05) is 27.0 Å². The first-order chi connectivity index (χ1) is 14.2. The number of nitrogens with zero attached hydrogens (tertiary/aromatic N) is 4. The maximum atomic E-state index is 11.6. The molecule has 2 fully saturated rings. The van der Waals surface area contributed by atoms with Crippen molar-refractivity contribution in [3.8, 4) is 0 Å². The molecule has 1 saturated heterocycles. The number of nitrogens with one attached hydrogen (secondary N) is 1. The summed E-state index contributed by atoms with van der Waals surface area (Å²) in [5, 5.41) is 3.00. The van der Waals surface area contributed by atoms with E-state index in [0.29, 0.717) is 6.42 Å². The van der Waals surface area contributed by atoms with Gasteiger partial charge >= 0.3 is 0 Å².